The number of carbonyl (C=O) groups excluding carboxylic acids is 1. The summed E-state index contributed by atoms with van der Waals surface area (Å²) in [7, 11) is 0. The van der Waals surface area contributed by atoms with Crippen LogP contribution in [0.1, 0.15) is 18.1 Å². The number of amides is 1. The number of anilines is 1. The first-order chi connectivity index (χ1) is 12.4. The molecule has 3 N–H and O–H groups in total. The van der Waals surface area contributed by atoms with Gasteiger partial charge in [-0.15, -0.1) is 0 Å². The summed E-state index contributed by atoms with van der Waals surface area (Å²) in [6, 6.07) is 13.0. The monoisotopic (exact) mass is 372 g/mol. The largest absolute Gasteiger partial charge is 0.481 e. The number of rotatable bonds is 4. The molecule has 2 aromatic rings. The van der Waals surface area contributed by atoms with Gasteiger partial charge >= 0.3 is 0 Å². The summed E-state index contributed by atoms with van der Waals surface area (Å²) in [5.74, 6) is -0.345. The fourth-order valence-corrected chi connectivity index (χ4v) is 2.09. The van der Waals surface area contributed by atoms with Gasteiger partial charge in [0.2, 0.25) is 0 Å². The zero-order valence-corrected chi connectivity index (χ0v) is 15.0. The van der Waals surface area contributed by atoms with Crippen LogP contribution in [0.15, 0.2) is 42.5 Å². The van der Waals surface area contributed by atoms with Crippen molar-refractivity contribution in [3.8, 4) is 11.8 Å². The van der Waals surface area contributed by atoms with Gasteiger partial charge in [-0.2, -0.15) is 5.26 Å². The van der Waals surface area contributed by atoms with Gasteiger partial charge in [0.1, 0.15) is 11.6 Å². The predicted molar refractivity (Wildman–Crippen MR) is 99.9 cm³/mol. The van der Waals surface area contributed by atoms with Crippen LogP contribution in [0.3, 0.4) is 0 Å². The molecule has 0 fully saturated rings. The van der Waals surface area contributed by atoms with Crippen molar-refractivity contribution in [1.29, 1.82) is 5.26 Å². The van der Waals surface area contributed by atoms with Crippen LogP contribution in [-0.4, -0.2) is 17.1 Å². The minimum Gasteiger partial charge on any atom is -0.481 e. The summed E-state index contributed by atoms with van der Waals surface area (Å²) in [4.78, 5) is 12.0. The van der Waals surface area contributed by atoms with E-state index in [0.717, 1.165) is 0 Å². The van der Waals surface area contributed by atoms with Crippen molar-refractivity contribution in [3.05, 3.63) is 59.4 Å². The van der Waals surface area contributed by atoms with E-state index in [1.807, 2.05) is 6.07 Å². The van der Waals surface area contributed by atoms with E-state index in [1.54, 1.807) is 50.2 Å². The van der Waals surface area contributed by atoms with E-state index in [4.69, 9.17) is 22.2 Å². The Morgan fingerprint density at radius 3 is 2.54 bits per heavy atom. The molecule has 26 heavy (non-hydrogen) atoms. The highest BCUT2D eigenvalue weighted by atomic mass is 32.1. The molecule has 0 bridgehead atoms. The lowest BCUT2D eigenvalue weighted by atomic mass is 10.2. The van der Waals surface area contributed by atoms with Crippen molar-refractivity contribution in [3.63, 3.8) is 0 Å². The smallest absolute Gasteiger partial charge is 0.279 e. The van der Waals surface area contributed by atoms with Gasteiger partial charge in [0, 0.05) is 5.69 Å². The highest BCUT2D eigenvalue weighted by Gasteiger charge is 2.15. The van der Waals surface area contributed by atoms with Crippen LogP contribution in [0.4, 0.5) is 10.1 Å². The maximum absolute atomic E-state index is 13.5. The zero-order chi connectivity index (χ0) is 19.1. The average molecular weight is 372 g/mol. The van der Waals surface area contributed by atoms with Gasteiger partial charge in [0.25, 0.3) is 5.91 Å². The molecule has 0 aliphatic heterocycles. The molecule has 0 aliphatic rings. The van der Waals surface area contributed by atoms with Crippen LogP contribution in [-0.2, 0) is 4.79 Å². The Balaban J connectivity index is 1.81. The molecule has 2 aromatic carbocycles. The van der Waals surface area contributed by atoms with E-state index in [-0.39, 0.29) is 10.9 Å². The molecule has 1 amide bonds. The molecular formula is C18H17FN4O2S. The number of nitrogens with zero attached hydrogens (tertiary/aromatic N) is 1. The summed E-state index contributed by atoms with van der Waals surface area (Å²) < 4.78 is 19.0. The molecule has 8 heteroatoms. The number of aryl methyl sites for hydroxylation is 1. The SMILES string of the molecule is Cc1ccc(NC(=S)NNC(=O)[C@@H](C)Oc2ccc(C#N)cc2)cc1F. The van der Waals surface area contributed by atoms with Gasteiger partial charge in [-0.3, -0.25) is 15.6 Å². The lowest BCUT2D eigenvalue weighted by molar-refractivity contribution is -0.127. The molecule has 0 saturated carbocycles. The number of hydrogen-bond acceptors (Lipinski definition) is 4. The molecule has 0 unspecified atom stereocenters. The number of thiocarbonyl (C=S) groups is 1. The third-order valence-corrected chi connectivity index (χ3v) is 3.60. The highest BCUT2D eigenvalue weighted by molar-refractivity contribution is 7.80. The maximum atomic E-state index is 13.5. The van der Waals surface area contributed by atoms with Crippen LogP contribution in [0.25, 0.3) is 0 Å². The molecule has 0 aliphatic carbocycles. The molecule has 0 radical (unpaired) electrons. The average Bonchev–Trinajstić information content (AvgIpc) is 2.63. The number of nitrogens with one attached hydrogen (secondary N) is 3. The topological polar surface area (TPSA) is 86.2 Å². The maximum Gasteiger partial charge on any atom is 0.279 e. The van der Waals surface area contributed by atoms with Gasteiger partial charge in [-0.1, -0.05) is 6.07 Å². The Hall–Kier alpha value is -3.18. The van der Waals surface area contributed by atoms with Crippen molar-refractivity contribution in [2.45, 2.75) is 20.0 Å². The first kappa shape index (κ1) is 19.1. The predicted octanol–water partition coefficient (Wildman–Crippen LogP) is 2.79. The van der Waals surface area contributed by atoms with E-state index in [1.165, 1.54) is 6.07 Å². The van der Waals surface area contributed by atoms with Crippen molar-refractivity contribution >= 4 is 28.9 Å². The molecule has 0 heterocycles. The van der Waals surface area contributed by atoms with Crippen LogP contribution in [0.2, 0.25) is 0 Å². The minimum absolute atomic E-state index is 0.104. The summed E-state index contributed by atoms with van der Waals surface area (Å²) >= 11 is 5.04. The fourth-order valence-electron chi connectivity index (χ4n) is 1.92. The van der Waals surface area contributed by atoms with Crippen molar-refractivity contribution in [1.82, 2.24) is 10.9 Å². The Kier molecular flexibility index (Phi) is 6.47. The van der Waals surface area contributed by atoms with Crippen LogP contribution >= 0.6 is 12.2 Å². The Labute approximate surface area is 155 Å². The fraction of sp³-hybridized carbons (Fsp3) is 0.167. The minimum atomic E-state index is -0.796. The standard InChI is InChI=1S/C18H17FN4O2S/c1-11-3-6-14(9-16(11)19)21-18(26)23-22-17(24)12(2)25-15-7-4-13(10-20)5-8-15/h3-9,12H,1-2H3,(H,22,24)(H2,21,23,26)/t12-/m1/s1. The number of benzene rings is 2. The number of carbonyl (C=O) groups is 1. The number of ether oxygens (including phenoxy) is 1. The third kappa shape index (κ3) is 5.43. The number of halogens is 1. The van der Waals surface area contributed by atoms with Gasteiger partial charge in [-0.05, 0) is 68.0 Å². The molecule has 6 nitrogen and oxygen atoms in total. The third-order valence-electron chi connectivity index (χ3n) is 3.39. The quantitative estimate of drug-likeness (QED) is 0.565. The highest BCUT2D eigenvalue weighted by Crippen LogP contribution is 2.14. The van der Waals surface area contributed by atoms with Gasteiger partial charge in [-0.25, -0.2) is 4.39 Å². The van der Waals surface area contributed by atoms with Gasteiger partial charge in [0.15, 0.2) is 11.2 Å². The van der Waals surface area contributed by atoms with E-state index in [0.29, 0.717) is 22.6 Å². The molecule has 0 spiro atoms. The summed E-state index contributed by atoms with van der Waals surface area (Å²) in [5.41, 5.74) is 6.42. The lowest BCUT2D eigenvalue weighted by Gasteiger charge is -2.16. The van der Waals surface area contributed by atoms with E-state index >= 15 is 0 Å². The Morgan fingerprint density at radius 2 is 1.92 bits per heavy atom. The number of hydrazine groups is 1. The molecule has 0 aromatic heterocycles. The normalized spacial score (nSPS) is 11.0. The second-order valence-corrected chi connectivity index (χ2v) is 5.84. The number of hydrogen-bond donors (Lipinski definition) is 3. The summed E-state index contributed by atoms with van der Waals surface area (Å²) in [5, 5.41) is 11.6. The Bertz CT molecular complexity index is 849. The van der Waals surface area contributed by atoms with Crippen LogP contribution in [0.5, 0.6) is 5.75 Å². The summed E-state index contributed by atoms with van der Waals surface area (Å²) in [6.45, 7) is 3.23. The van der Waals surface area contributed by atoms with Crippen molar-refractivity contribution in [2.75, 3.05) is 5.32 Å². The van der Waals surface area contributed by atoms with E-state index < -0.39 is 12.0 Å². The van der Waals surface area contributed by atoms with E-state index in [2.05, 4.69) is 16.2 Å². The second-order valence-electron chi connectivity index (χ2n) is 5.43. The van der Waals surface area contributed by atoms with Crippen LogP contribution in [0, 0.1) is 24.1 Å². The molecule has 0 saturated heterocycles. The zero-order valence-electron chi connectivity index (χ0n) is 14.2. The summed E-state index contributed by atoms with van der Waals surface area (Å²) in [6.07, 6.45) is -0.796. The van der Waals surface area contributed by atoms with Gasteiger partial charge < -0.3 is 10.1 Å². The first-order valence-corrected chi connectivity index (χ1v) is 8.09. The first-order valence-electron chi connectivity index (χ1n) is 7.69. The molecule has 2 rings (SSSR count). The lowest BCUT2D eigenvalue weighted by Crippen LogP contribution is -2.48. The number of nitriles is 1. The van der Waals surface area contributed by atoms with Gasteiger partial charge in [0.05, 0.1) is 11.6 Å². The van der Waals surface area contributed by atoms with Crippen LogP contribution < -0.4 is 20.9 Å². The van der Waals surface area contributed by atoms with Crippen molar-refractivity contribution < 1.29 is 13.9 Å². The van der Waals surface area contributed by atoms with Crippen molar-refractivity contribution in [2.24, 2.45) is 0 Å². The van der Waals surface area contributed by atoms with E-state index in [9.17, 15) is 9.18 Å². The molecule has 1 atom stereocenters. The molecular weight excluding hydrogens is 355 g/mol. The second kappa shape index (κ2) is 8.78. The molecule has 134 valence electrons. The Morgan fingerprint density at radius 1 is 1.23 bits per heavy atom.